The maximum atomic E-state index is 12.6. The molecule has 2 amide bonds. The van der Waals surface area contributed by atoms with Gasteiger partial charge in [-0.1, -0.05) is 29.8 Å². The van der Waals surface area contributed by atoms with Gasteiger partial charge in [0.2, 0.25) is 11.8 Å². The monoisotopic (exact) mass is 316 g/mol. The molecule has 0 aromatic heterocycles. The Hall–Kier alpha value is -2.21. The molecule has 122 valence electrons. The number of fused-ring (bicyclic) bond motifs is 1. The van der Waals surface area contributed by atoms with Crippen LogP contribution >= 0.6 is 0 Å². The molecule has 2 heterocycles. The van der Waals surface area contributed by atoms with Crippen LogP contribution in [0.4, 0.5) is 0 Å². The van der Waals surface area contributed by atoms with Gasteiger partial charge in [-0.3, -0.25) is 24.6 Å². The predicted octanol–water partition coefficient (Wildman–Crippen LogP) is 0.802. The van der Waals surface area contributed by atoms with Crippen LogP contribution in [0.15, 0.2) is 24.3 Å². The Kier molecular flexibility index (Phi) is 3.52. The van der Waals surface area contributed by atoms with Gasteiger partial charge in [-0.05, 0) is 19.4 Å². The molecule has 1 aromatic carbocycles. The Bertz CT molecular complexity index is 684. The highest BCUT2D eigenvalue weighted by Crippen LogP contribution is 2.48. The lowest BCUT2D eigenvalue weighted by Gasteiger charge is -2.27. The van der Waals surface area contributed by atoms with Crippen molar-refractivity contribution in [3.05, 3.63) is 35.4 Å². The van der Waals surface area contributed by atoms with Crippen LogP contribution in [0.3, 0.4) is 0 Å². The van der Waals surface area contributed by atoms with E-state index in [0.29, 0.717) is 0 Å². The molecule has 0 spiro atoms. The lowest BCUT2D eigenvalue weighted by atomic mass is 9.80. The molecule has 4 unspecified atom stereocenters. The van der Waals surface area contributed by atoms with E-state index in [1.54, 1.807) is 6.92 Å². The molecule has 4 atom stereocenters. The van der Waals surface area contributed by atoms with Gasteiger partial charge in [-0.15, -0.1) is 0 Å². The van der Waals surface area contributed by atoms with Gasteiger partial charge in [0.1, 0.15) is 5.54 Å². The smallest absolute Gasteiger partial charge is 0.326 e. The number of ether oxygens (including phenoxy) is 1. The van der Waals surface area contributed by atoms with Crippen LogP contribution in [0.5, 0.6) is 0 Å². The average molecular weight is 316 g/mol. The lowest BCUT2D eigenvalue weighted by Crippen LogP contribution is -2.53. The molecule has 3 rings (SSSR count). The summed E-state index contributed by atoms with van der Waals surface area (Å²) in [5.74, 6) is -2.47. The van der Waals surface area contributed by atoms with Gasteiger partial charge < -0.3 is 4.74 Å². The summed E-state index contributed by atoms with van der Waals surface area (Å²) in [6, 6.07) is 7.34. The van der Waals surface area contributed by atoms with Crippen LogP contribution in [0.1, 0.15) is 24.1 Å². The Morgan fingerprint density at radius 1 is 1.22 bits per heavy atom. The van der Waals surface area contributed by atoms with Crippen LogP contribution in [0, 0.1) is 18.8 Å². The minimum atomic E-state index is -1.22. The second-order valence-electron chi connectivity index (χ2n) is 6.47. The summed E-state index contributed by atoms with van der Waals surface area (Å²) in [6.07, 6.45) is 0. The molecule has 2 aliphatic heterocycles. The largest absolute Gasteiger partial charge is 0.468 e. The summed E-state index contributed by atoms with van der Waals surface area (Å²) >= 11 is 0. The van der Waals surface area contributed by atoms with E-state index in [9.17, 15) is 14.4 Å². The summed E-state index contributed by atoms with van der Waals surface area (Å²) in [4.78, 5) is 38.5. The van der Waals surface area contributed by atoms with E-state index in [0.717, 1.165) is 16.0 Å². The number of hydrogen-bond acceptors (Lipinski definition) is 5. The standard InChI is InChI=1S/C17H20N2O4/c1-9-5-7-10(8-6-9)13-11-12(15(21)19(3)14(11)20)17(2,18-13)16(22)23-4/h5-8,11-13,18H,1-4H3. The Morgan fingerprint density at radius 3 is 2.39 bits per heavy atom. The number of nitrogens with one attached hydrogen (secondary N) is 1. The number of carbonyl (C=O) groups is 3. The molecule has 1 N–H and O–H groups in total. The first-order valence-corrected chi connectivity index (χ1v) is 7.55. The number of likely N-dealkylation sites (tertiary alicyclic amines) is 1. The molecule has 0 radical (unpaired) electrons. The highest BCUT2D eigenvalue weighted by Gasteiger charge is 2.66. The minimum Gasteiger partial charge on any atom is -0.468 e. The van der Waals surface area contributed by atoms with Gasteiger partial charge in [0.25, 0.3) is 0 Å². The third-order valence-corrected chi connectivity index (χ3v) is 5.05. The molecule has 2 aliphatic rings. The van der Waals surface area contributed by atoms with Crippen molar-refractivity contribution in [3.63, 3.8) is 0 Å². The molecule has 2 fully saturated rings. The topological polar surface area (TPSA) is 75.7 Å². The van der Waals surface area contributed by atoms with Crippen molar-refractivity contribution >= 4 is 17.8 Å². The van der Waals surface area contributed by atoms with Crippen LogP contribution in [0.2, 0.25) is 0 Å². The summed E-state index contributed by atoms with van der Waals surface area (Å²) in [7, 11) is 2.75. The first-order valence-electron chi connectivity index (χ1n) is 7.55. The quantitative estimate of drug-likeness (QED) is 0.645. The Balaban J connectivity index is 2.09. The third-order valence-electron chi connectivity index (χ3n) is 5.05. The van der Waals surface area contributed by atoms with Crippen molar-refractivity contribution in [2.45, 2.75) is 25.4 Å². The van der Waals surface area contributed by atoms with Gasteiger partial charge in [0.15, 0.2) is 0 Å². The number of aryl methyl sites for hydroxylation is 1. The number of hydrogen-bond donors (Lipinski definition) is 1. The van der Waals surface area contributed by atoms with Gasteiger partial charge in [0.05, 0.1) is 18.9 Å². The number of imide groups is 1. The van der Waals surface area contributed by atoms with Crippen molar-refractivity contribution in [2.24, 2.45) is 11.8 Å². The van der Waals surface area contributed by atoms with Crippen LogP contribution in [-0.2, 0) is 19.1 Å². The van der Waals surface area contributed by atoms with Crippen molar-refractivity contribution < 1.29 is 19.1 Å². The van der Waals surface area contributed by atoms with Crippen molar-refractivity contribution in [2.75, 3.05) is 14.2 Å². The molecule has 6 heteroatoms. The van der Waals surface area contributed by atoms with E-state index < -0.39 is 29.4 Å². The van der Waals surface area contributed by atoms with Gasteiger partial charge in [-0.2, -0.15) is 0 Å². The molecule has 23 heavy (non-hydrogen) atoms. The second kappa shape index (κ2) is 5.16. The van der Waals surface area contributed by atoms with E-state index in [1.165, 1.54) is 14.2 Å². The molecular formula is C17H20N2O4. The van der Waals surface area contributed by atoms with Crippen LogP contribution < -0.4 is 5.32 Å². The highest BCUT2D eigenvalue weighted by molar-refractivity contribution is 6.09. The van der Waals surface area contributed by atoms with E-state index in [4.69, 9.17) is 4.74 Å². The van der Waals surface area contributed by atoms with Crippen molar-refractivity contribution in [1.29, 1.82) is 0 Å². The summed E-state index contributed by atoms with van der Waals surface area (Å²) in [5.41, 5.74) is 0.770. The van der Waals surface area contributed by atoms with Gasteiger partial charge >= 0.3 is 5.97 Å². The number of amides is 2. The first-order chi connectivity index (χ1) is 10.8. The maximum absolute atomic E-state index is 12.6. The number of nitrogens with zero attached hydrogens (tertiary/aromatic N) is 1. The van der Waals surface area contributed by atoms with Crippen LogP contribution in [-0.4, -0.2) is 42.4 Å². The average Bonchev–Trinajstić information content (AvgIpc) is 2.97. The van der Waals surface area contributed by atoms with E-state index in [2.05, 4.69) is 5.32 Å². The normalized spacial score (nSPS) is 33.0. The fourth-order valence-corrected chi connectivity index (χ4v) is 3.74. The summed E-state index contributed by atoms with van der Waals surface area (Å²) in [6.45, 7) is 3.61. The molecule has 1 aromatic rings. The van der Waals surface area contributed by atoms with Crippen LogP contribution in [0.25, 0.3) is 0 Å². The molecule has 0 aliphatic carbocycles. The third kappa shape index (κ3) is 2.09. The minimum absolute atomic E-state index is 0.259. The Labute approximate surface area is 134 Å². The molecular weight excluding hydrogens is 296 g/mol. The van der Waals surface area contributed by atoms with Crippen molar-refractivity contribution in [3.8, 4) is 0 Å². The maximum Gasteiger partial charge on any atom is 0.326 e. The number of benzene rings is 1. The summed E-state index contributed by atoms with van der Waals surface area (Å²) < 4.78 is 4.88. The fraction of sp³-hybridized carbons (Fsp3) is 0.471. The number of rotatable bonds is 2. The van der Waals surface area contributed by atoms with Crippen molar-refractivity contribution in [1.82, 2.24) is 10.2 Å². The summed E-state index contributed by atoms with van der Waals surface area (Å²) in [5, 5.41) is 3.19. The highest BCUT2D eigenvalue weighted by atomic mass is 16.5. The number of carbonyl (C=O) groups excluding carboxylic acids is 3. The predicted molar refractivity (Wildman–Crippen MR) is 82.2 cm³/mol. The van der Waals surface area contributed by atoms with E-state index in [1.807, 2.05) is 31.2 Å². The molecule has 6 nitrogen and oxygen atoms in total. The Morgan fingerprint density at radius 2 is 1.83 bits per heavy atom. The zero-order valence-electron chi connectivity index (χ0n) is 13.6. The molecule has 0 saturated carbocycles. The number of methoxy groups -OCH3 is 1. The zero-order valence-corrected chi connectivity index (χ0v) is 13.6. The second-order valence-corrected chi connectivity index (χ2v) is 6.47. The molecule has 2 saturated heterocycles. The molecule has 0 bridgehead atoms. The number of esters is 1. The zero-order chi connectivity index (χ0) is 16.9. The van der Waals surface area contributed by atoms with Gasteiger partial charge in [-0.25, -0.2) is 0 Å². The fourth-order valence-electron chi connectivity index (χ4n) is 3.74. The lowest BCUT2D eigenvalue weighted by molar-refractivity contribution is -0.152. The SMILES string of the molecule is COC(=O)C1(C)NC(c2ccc(C)cc2)C2C(=O)N(C)C(=O)C21. The van der Waals surface area contributed by atoms with Gasteiger partial charge in [0, 0.05) is 13.1 Å². The van der Waals surface area contributed by atoms with E-state index >= 15 is 0 Å². The first kappa shape index (κ1) is 15.7. The van der Waals surface area contributed by atoms with E-state index in [-0.39, 0.29) is 11.8 Å².